The molecule has 0 unspecified atom stereocenters. The lowest BCUT2D eigenvalue weighted by Crippen LogP contribution is -1.99. The molecule has 1 heterocycles. The molecule has 0 aliphatic carbocycles. The Hall–Kier alpha value is -1.27. The molecule has 0 amide bonds. The molecule has 12 heavy (non-hydrogen) atoms. The molecule has 0 bridgehead atoms. The van der Waals surface area contributed by atoms with E-state index < -0.39 is 10.1 Å². The molecule has 0 atom stereocenters. The largest absolute Gasteiger partial charge is 0.298 e. The standard InChI is InChI=1S/C6H4O5S/c7-12(8,9)5-3-1-2-4-6(5)11-10-4/h1-3H,(H,7,8,9). The van der Waals surface area contributed by atoms with E-state index in [0.29, 0.717) is 5.58 Å². The average Bonchev–Trinajstić information content (AvgIpc) is 1.88. The summed E-state index contributed by atoms with van der Waals surface area (Å²) in [7, 11) is -4.21. The maximum atomic E-state index is 10.7. The van der Waals surface area contributed by atoms with E-state index in [1.54, 1.807) is 0 Å². The molecule has 0 saturated carbocycles. The van der Waals surface area contributed by atoms with Crippen LogP contribution in [0.2, 0.25) is 0 Å². The zero-order valence-corrected chi connectivity index (χ0v) is 6.54. The lowest BCUT2D eigenvalue weighted by Gasteiger charge is -2.01. The van der Waals surface area contributed by atoms with Crippen molar-refractivity contribution in [1.82, 2.24) is 0 Å². The van der Waals surface area contributed by atoms with Gasteiger partial charge in [0.25, 0.3) is 10.1 Å². The van der Waals surface area contributed by atoms with Gasteiger partial charge in [-0.15, -0.1) is 0 Å². The van der Waals surface area contributed by atoms with E-state index in [-0.39, 0.29) is 10.5 Å². The van der Waals surface area contributed by atoms with E-state index in [1.165, 1.54) is 18.2 Å². The van der Waals surface area contributed by atoms with Crippen molar-refractivity contribution in [3.63, 3.8) is 0 Å². The molecule has 64 valence electrons. The van der Waals surface area contributed by atoms with Gasteiger partial charge < -0.3 is 0 Å². The lowest BCUT2D eigenvalue weighted by molar-refractivity contribution is 0.0562. The van der Waals surface area contributed by atoms with Crippen molar-refractivity contribution in [2.24, 2.45) is 0 Å². The number of benzene rings is 1. The summed E-state index contributed by atoms with van der Waals surface area (Å²) in [5, 5.41) is 0. The summed E-state index contributed by atoms with van der Waals surface area (Å²) in [5.41, 5.74) is 0.366. The molecule has 0 spiro atoms. The fourth-order valence-electron chi connectivity index (χ4n) is 0.899. The van der Waals surface area contributed by atoms with Crippen LogP contribution in [-0.2, 0) is 10.1 Å². The highest BCUT2D eigenvalue weighted by Crippen LogP contribution is 2.25. The second kappa shape index (κ2) is 2.11. The van der Waals surface area contributed by atoms with Crippen molar-refractivity contribution in [3.05, 3.63) is 18.2 Å². The molecule has 2 aromatic rings. The molecule has 5 nitrogen and oxygen atoms in total. The van der Waals surface area contributed by atoms with Crippen molar-refractivity contribution < 1.29 is 22.1 Å². The van der Waals surface area contributed by atoms with Crippen LogP contribution in [0.1, 0.15) is 0 Å². The smallest absolute Gasteiger partial charge is 0.285 e. The van der Waals surface area contributed by atoms with Gasteiger partial charge in [-0.1, -0.05) is 6.07 Å². The summed E-state index contributed by atoms with van der Waals surface area (Å²) >= 11 is 0. The van der Waals surface area contributed by atoms with E-state index >= 15 is 0 Å². The van der Waals surface area contributed by atoms with Crippen molar-refractivity contribution in [2.75, 3.05) is 0 Å². The summed E-state index contributed by atoms with van der Waals surface area (Å²) in [6.45, 7) is 0. The topological polar surface area (TPSA) is 80.7 Å². The van der Waals surface area contributed by atoms with Gasteiger partial charge in [0.05, 0.1) is 0 Å². The highest BCUT2D eigenvalue weighted by Gasteiger charge is 2.19. The quantitative estimate of drug-likeness (QED) is 0.538. The maximum Gasteiger partial charge on any atom is 0.298 e. The Morgan fingerprint density at radius 1 is 1.25 bits per heavy atom. The Morgan fingerprint density at radius 2 is 2.00 bits per heavy atom. The van der Waals surface area contributed by atoms with Gasteiger partial charge in [0.1, 0.15) is 4.90 Å². The third-order valence-corrected chi connectivity index (χ3v) is 2.31. The van der Waals surface area contributed by atoms with Gasteiger partial charge in [0, 0.05) is 0 Å². The van der Waals surface area contributed by atoms with Crippen LogP contribution in [0.5, 0.6) is 0 Å². The second-order valence-electron chi connectivity index (χ2n) is 2.23. The predicted octanol–water partition coefficient (Wildman–Crippen LogP) is 1.27. The van der Waals surface area contributed by atoms with Gasteiger partial charge in [0.15, 0.2) is 0 Å². The van der Waals surface area contributed by atoms with E-state index in [9.17, 15) is 8.42 Å². The van der Waals surface area contributed by atoms with Crippen LogP contribution >= 0.6 is 0 Å². The number of fused-ring (bicyclic) bond motifs is 1. The van der Waals surface area contributed by atoms with Crippen LogP contribution in [0.25, 0.3) is 11.2 Å². The Morgan fingerprint density at radius 3 is 2.42 bits per heavy atom. The number of para-hydroxylation sites is 1. The molecule has 2 rings (SSSR count). The van der Waals surface area contributed by atoms with Gasteiger partial charge in [-0.2, -0.15) is 8.42 Å². The summed E-state index contributed by atoms with van der Waals surface area (Å²) < 4.78 is 38.8. The van der Waals surface area contributed by atoms with E-state index in [1.807, 2.05) is 0 Å². The molecular formula is C6H4O5S. The van der Waals surface area contributed by atoms with Crippen molar-refractivity contribution in [3.8, 4) is 0 Å². The Kier molecular flexibility index (Phi) is 1.30. The van der Waals surface area contributed by atoms with E-state index in [2.05, 4.69) is 9.15 Å². The average molecular weight is 188 g/mol. The third kappa shape index (κ3) is 0.926. The molecule has 0 fully saturated rings. The minimum Gasteiger partial charge on any atom is -0.285 e. The molecule has 0 aliphatic rings. The first kappa shape index (κ1) is 7.38. The van der Waals surface area contributed by atoms with Crippen LogP contribution in [-0.4, -0.2) is 13.0 Å². The first-order chi connectivity index (χ1) is 5.59. The van der Waals surface area contributed by atoms with Crippen molar-refractivity contribution >= 4 is 21.3 Å². The second-order valence-corrected chi connectivity index (χ2v) is 3.62. The van der Waals surface area contributed by atoms with Crippen LogP contribution in [0.3, 0.4) is 0 Å². The molecule has 1 aromatic carbocycles. The fourth-order valence-corrected chi connectivity index (χ4v) is 1.52. The summed E-state index contributed by atoms with van der Waals surface area (Å²) in [5.74, 6) is 0. The third-order valence-electron chi connectivity index (χ3n) is 1.44. The van der Waals surface area contributed by atoms with E-state index in [4.69, 9.17) is 4.55 Å². The number of hydrogen-bond acceptors (Lipinski definition) is 4. The minimum absolute atomic E-state index is 0.0556. The SMILES string of the molecule is O=S(=O)(O)c1cccc2ooc12. The van der Waals surface area contributed by atoms with Crippen LogP contribution < -0.4 is 0 Å². The van der Waals surface area contributed by atoms with Crippen molar-refractivity contribution in [1.29, 1.82) is 0 Å². The summed E-state index contributed by atoms with van der Waals surface area (Å²) in [4.78, 5) is -0.272. The monoisotopic (exact) mass is 188 g/mol. The van der Waals surface area contributed by atoms with Gasteiger partial charge in [-0.25, -0.2) is 0 Å². The van der Waals surface area contributed by atoms with E-state index in [0.717, 1.165) is 0 Å². The molecule has 6 heteroatoms. The number of hydrogen-bond donors (Lipinski definition) is 1. The summed E-state index contributed by atoms with van der Waals surface area (Å²) in [6, 6.07) is 4.22. The molecule has 0 saturated heterocycles. The Bertz CT molecular complexity index is 503. The molecule has 1 aromatic heterocycles. The van der Waals surface area contributed by atoms with Crippen LogP contribution in [0.15, 0.2) is 32.2 Å². The van der Waals surface area contributed by atoms with Gasteiger partial charge >= 0.3 is 0 Å². The van der Waals surface area contributed by atoms with Gasteiger partial charge in [0.2, 0.25) is 11.2 Å². The Balaban J connectivity index is 2.81. The zero-order chi connectivity index (χ0) is 8.77. The highest BCUT2D eigenvalue weighted by atomic mass is 32.2. The molecule has 0 radical (unpaired) electrons. The first-order valence-corrected chi connectivity index (χ1v) is 4.48. The zero-order valence-electron chi connectivity index (χ0n) is 5.72. The normalized spacial score (nSPS) is 12.4. The minimum atomic E-state index is -4.21. The van der Waals surface area contributed by atoms with Gasteiger partial charge in [-0.3, -0.25) is 13.7 Å². The molecule has 1 N–H and O–H groups in total. The summed E-state index contributed by atoms with van der Waals surface area (Å²) in [6.07, 6.45) is 0. The first-order valence-electron chi connectivity index (χ1n) is 3.04. The Labute approximate surface area is 67.3 Å². The molecular weight excluding hydrogens is 184 g/mol. The molecule has 0 aliphatic heterocycles. The van der Waals surface area contributed by atoms with Crippen molar-refractivity contribution in [2.45, 2.75) is 4.90 Å². The van der Waals surface area contributed by atoms with Crippen LogP contribution in [0.4, 0.5) is 0 Å². The maximum absolute atomic E-state index is 10.7. The predicted molar refractivity (Wildman–Crippen MR) is 38.3 cm³/mol. The van der Waals surface area contributed by atoms with Gasteiger partial charge in [-0.05, 0) is 12.1 Å². The lowest BCUT2D eigenvalue weighted by atomic mass is 10.3. The van der Waals surface area contributed by atoms with Crippen LogP contribution in [0, 0.1) is 0 Å². The highest BCUT2D eigenvalue weighted by molar-refractivity contribution is 7.86. The number of rotatable bonds is 1. The fraction of sp³-hybridized carbons (Fsp3) is 0.